The third-order valence-electron chi connectivity index (χ3n) is 3.62. The second-order valence-corrected chi connectivity index (χ2v) is 6.92. The van der Waals surface area contributed by atoms with Gasteiger partial charge in [0.15, 0.2) is 0 Å². The Balaban J connectivity index is 2.21. The van der Waals surface area contributed by atoms with Gasteiger partial charge in [-0.2, -0.15) is 0 Å². The van der Waals surface area contributed by atoms with E-state index in [0.29, 0.717) is 5.92 Å². The first kappa shape index (κ1) is 18.2. The highest BCUT2D eigenvalue weighted by Crippen LogP contribution is 2.18. The van der Waals surface area contributed by atoms with Crippen LogP contribution in [0.1, 0.15) is 52.9 Å². The Hall–Kier alpha value is -0.810. The van der Waals surface area contributed by atoms with Gasteiger partial charge >= 0.3 is 6.09 Å². The summed E-state index contributed by atoms with van der Waals surface area (Å²) in [5.41, 5.74) is -0.422. The number of hydrogen-bond acceptors (Lipinski definition) is 4. The summed E-state index contributed by atoms with van der Waals surface area (Å²) in [4.78, 5) is 13.9. The number of nitrogens with zero attached hydrogens (tertiary/aromatic N) is 1. The predicted octanol–water partition coefficient (Wildman–Crippen LogP) is 2.39. The fourth-order valence-electron chi connectivity index (χ4n) is 2.57. The molecule has 1 unspecified atom stereocenters. The topological polar surface area (TPSA) is 61.8 Å². The highest BCUT2D eigenvalue weighted by molar-refractivity contribution is 5.68. The standard InChI is InChI=1S/C16H32N2O3/c1-16(2,3)21-15(20)18-10-7-8-14(13-18)12-17-9-5-4-6-11-19/h14,17,19H,4-13H2,1-3H3. The second-order valence-electron chi connectivity index (χ2n) is 6.92. The molecule has 0 aromatic carbocycles. The van der Waals surface area contributed by atoms with E-state index in [-0.39, 0.29) is 12.7 Å². The van der Waals surface area contributed by atoms with Crippen LogP contribution in [0.15, 0.2) is 0 Å². The number of hydrogen-bond donors (Lipinski definition) is 2. The number of nitrogens with one attached hydrogen (secondary N) is 1. The zero-order valence-electron chi connectivity index (χ0n) is 13.9. The van der Waals surface area contributed by atoms with E-state index in [4.69, 9.17) is 9.84 Å². The van der Waals surface area contributed by atoms with Crippen LogP contribution in [0.2, 0.25) is 0 Å². The molecule has 21 heavy (non-hydrogen) atoms. The zero-order chi connectivity index (χ0) is 15.7. The van der Waals surface area contributed by atoms with Crippen molar-refractivity contribution in [2.75, 3.05) is 32.8 Å². The fraction of sp³-hybridized carbons (Fsp3) is 0.938. The van der Waals surface area contributed by atoms with Gasteiger partial charge in [0.2, 0.25) is 0 Å². The molecule has 0 bridgehead atoms. The van der Waals surface area contributed by atoms with E-state index in [9.17, 15) is 4.79 Å². The normalized spacial score (nSPS) is 19.6. The molecule has 124 valence electrons. The van der Waals surface area contributed by atoms with Crippen molar-refractivity contribution in [2.45, 2.75) is 58.5 Å². The van der Waals surface area contributed by atoms with Crippen LogP contribution in [-0.4, -0.2) is 54.5 Å². The number of piperidine rings is 1. The number of carbonyl (C=O) groups excluding carboxylic acids is 1. The Bertz CT molecular complexity index is 302. The number of amides is 1. The Morgan fingerprint density at radius 1 is 1.33 bits per heavy atom. The van der Waals surface area contributed by atoms with Gasteiger partial charge in [0.25, 0.3) is 0 Å². The number of aliphatic hydroxyl groups excluding tert-OH is 1. The Morgan fingerprint density at radius 2 is 2.10 bits per heavy atom. The van der Waals surface area contributed by atoms with Crippen molar-refractivity contribution in [3.8, 4) is 0 Å². The molecule has 0 radical (unpaired) electrons. The smallest absolute Gasteiger partial charge is 0.410 e. The molecule has 2 N–H and O–H groups in total. The van der Waals surface area contributed by atoms with E-state index >= 15 is 0 Å². The monoisotopic (exact) mass is 300 g/mol. The van der Waals surface area contributed by atoms with Gasteiger partial charge in [-0.15, -0.1) is 0 Å². The molecular weight excluding hydrogens is 268 g/mol. The molecular formula is C16H32N2O3. The van der Waals surface area contributed by atoms with Crippen molar-refractivity contribution in [1.82, 2.24) is 10.2 Å². The van der Waals surface area contributed by atoms with Crippen LogP contribution in [0.3, 0.4) is 0 Å². The number of unbranched alkanes of at least 4 members (excludes halogenated alkanes) is 2. The van der Waals surface area contributed by atoms with Crippen LogP contribution >= 0.6 is 0 Å². The molecule has 1 atom stereocenters. The first-order chi connectivity index (χ1) is 9.92. The molecule has 1 aliphatic heterocycles. The Kier molecular flexibility index (Phi) is 8.04. The summed E-state index contributed by atoms with van der Waals surface area (Å²) in [6.45, 7) is 9.54. The van der Waals surface area contributed by atoms with Crippen molar-refractivity contribution >= 4 is 6.09 Å². The number of rotatable bonds is 7. The lowest BCUT2D eigenvalue weighted by molar-refractivity contribution is 0.0166. The lowest BCUT2D eigenvalue weighted by atomic mass is 9.98. The van der Waals surface area contributed by atoms with Crippen molar-refractivity contribution in [3.05, 3.63) is 0 Å². The zero-order valence-corrected chi connectivity index (χ0v) is 13.9. The molecule has 1 rings (SSSR count). The summed E-state index contributed by atoms with van der Waals surface area (Å²) in [5.74, 6) is 0.518. The highest BCUT2D eigenvalue weighted by atomic mass is 16.6. The number of carbonyl (C=O) groups is 1. The summed E-state index contributed by atoms with van der Waals surface area (Å²) < 4.78 is 5.44. The van der Waals surface area contributed by atoms with Gasteiger partial charge in [-0.3, -0.25) is 0 Å². The molecule has 0 aromatic rings. The Morgan fingerprint density at radius 3 is 2.76 bits per heavy atom. The molecule has 5 nitrogen and oxygen atoms in total. The third kappa shape index (κ3) is 8.27. The highest BCUT2D eigenvalue weighted by Gasteiger charge is 2.27. The van der Waals surface area contributed by atoms with E-state index in [1.807, 2.05) is 25.7 Å². The van der Waals surface area contributed by atoms with E-state index in [1.54, 1.807) is 0 Å². The van der Waals surface area contributed by atoms with E-state index < -0.39 is 5.60 Å². The summed E-state index contributed by atoms with van der Waals surface area (Å²) in [6, 6.07) is 0. The van der Waals surface area contributed by atoms with Gasteiger partial charge in [0.1, 0.15) is 5.60 Å². The van der Waals surface area contributed by atoms with Gasteiger partial charge < -0.3 is 20.1 Å². The van der Waals surface area contributed by atoms with Crippen molar-refractivity contribution in [1.29, 1.82) is 0 Å². The van der Waals surface area contributed by atoms with Gasteiger partial charge in [-0.1, -0.05) is 0 Å². The van der Waals surface area contributed by atoms with E-state index in [2.05, 4.69) is 5.32 Å². The van der Waals surface area contributed by atoms with Crippen LogP contribution in [0.5, 0.6) is 0 Å². The maximum Gasteiger partial charge on any atom is 0.410 e. The van der Waals surface area contributed by atoms with Crippen molar-refractivity contribution < 1.29 is 14.6 Å². The van der Waals surface area contributed by atoms with E-state index in [0.717, 1.165) is 51.9 Å². The molecule has 0 spiro atoms. The lowest BCUT2D eigenvalue weighted by Gasteiger charge is -2.34. The largest absolute Gasteiger partial charge is 0.444 e. The summed E-state index contributed by atoms with van der Waals surface area (Å²) >= 11 is 0. The maximum absolute atomic E-state index is 12.1. The molecule has 1 amide bonds. The molecule has 1 fully saturated rings. The first-order valence-electron chi connectivity index (χ1n) is 8.22. The fourth-order valence-corrected chi connectivity index (χ4v) is 2.57. The molecule has 1 saturated heterocycles. The number of aliphatic hydroxyl groups is 1. The number of likely N-dealkylation sites (tertiary alicyclic amines) is 1. The Labute approximate surface area is 129 Å². The minimum atomic E-state index is -0.422. The summed E-state index contributed by atoms with van der Waals surface area (Å²) in [5, 5.41) is 12.2. The molecule has 0 aromatic heterocycles. The predicted molar refractivity (Wildman–Crippen MR) is 84.3 cm³/mol. The molecule has 1 aliphatic rings. The lowest BCUT2D eigenvalue weighted by Crippen LogP contribution is -2.45. The average molecular weight is 300 g/mol. The van der Waals surface area contributed by atoms with Gasteiger partial charge in [0, 0.05) is 19.7 Å². The van der Waals surface area contributed by atoms with Crippen molar-refractivity contribution in [2.24, 2.45) is 5.92 Å². The van der Waals surface area contributed by atoms with Crippen molar-refractivity contribution in [3.63, 3.8) is 0 Å². The second kappa shape index (κ2) is 9.26. The van der Waals surface area contributed by atoms with Crippen LogP contribution in [0.4, 0.5) is 4.79 Å². The molecule has 5 heteroatoms. The number of ether oxygens (including phenoxy) is 1. The van der Waals surface area contributed by atoms with Gasteiger partial charge in [-0.25, -0.2) is 4.79 Å². The molecule has 1 heterocycles. The third-order valence-corrected chi connectivity index (χ3v) is 3.62. The SMILES string of the molecule is CC(C)(C)OC(=O)N1CCCC(CNCCCCCO)C1. The minimum Gasteiger partial charge on any atom is -0.444 e. The average Bonchev–Trinajstić information content (AvgIpc) is 2.41. The summed E-state index contributed by atoms with van der Waals surface area (Å²) in [6.07, 6.45) is 5.09. The van der Waals surface area contributed by atoms with Gasteiger partial charge in [0.05, 0.1) is 0 Å². The molecule has 0 aliphatic carbocycles. The van der Waals surface area contributed by atoms with Crippen LogP contribution in [-0.2, 0) is 4.74 Å². The van der Waals surface area contributed by atoms with Gasteiger partial charge in [-0.05, 0) is 71.9 Å². The quantitative estimate of drug-likeness (QED) is 0.709. The van der Waals surface area contributed by atoms with E-state index in [1.165, 1.54) is 6.42 Å². The van der Waals surface area contributed by atoms with Crippen LogP contribution in [0, 0.1) is 5.92 Å². The summed E-state index contributed by atoms with van der Waals surface area (Å²) in [7, 11) is 0. The van der Waals surface area contributed by atoms with Crippen LogP contribution < -0.4 is 5.32 Å². The minimum absolute atomic E-state index is 0.185. The maximum atomic E-state index is 12.1. The first-order valence-corrected chi connectivity index (χ1v) is 8.22. The molecule has 0 saturated carbocycles. The van der Waals surface area contributed by atoms with Crippen LogP contribution in [0.25, 0.3) is 0 Å².